The summed E-state index contributed by atoms with van der Waals surface area (Å²) in [5.74, 6) is -0.316. The zero-order valence-electron chi connectivity index (χ0n) is 13.2. The van der Waals surface area contributed by atoms with E-state index < -0.39 is 4.92 Å². The van der Waals surface area contributed by atoms with Crippen LogP contribution in [0.25, 0.3) is 11.0 Å². The van der Waals surface area contributed by atoms with Crippen LogP contribution in [-0.2, 0) is 11.2 Å². The quantitative estimate of drug-likeness (QED) is 0.584. The number of nitro groups is 1. The Balaban J connectivity index is 1.79. The summed E-state index contributed by atoms with van der Waals surface area (Å²) >= 11 is 0. The van der Waals surface area contributed by atoms with Gasteiger partial charge >= 0.3 is 0 Å². The number of carbonyl (C=O) groups is 1. The largest absolute Gasteiger partial charge is 0.356 e. The molecule has 1 N–H and O–H groups in total. The molecule has 2 aromatic carbocycles. The van der Waals surface area contributed by atoms with Gasteiger partial charge in [0, 0.05) is 23.2 Å². The van der Waals surface area contributed by atoms with Crippen molar-refractivity contribution in [2.24, 2.45) is 0 Å². The number of hydrogen-bond donors (Lipinski definition) is 1. The number of nitrogens with one attached hydrogen (secondary N) is 1. The summed E-state index contributed by atoms with van der Waals surface area (Å²) in [6.07, 6.45) is 0.0260. The number of nitro benzene ring substituents is 1. The van der Waals surface area contributed by atoms with E-state index in [-0.39, 0.29) is 18.0 Å². The zero-order valence-corrected chi connectivity index (χ0v) is 13.2. The highest BCUT2D eigenvalue weighted by molar-refractivity contribution is 5.95. The van der Waals surface area contributed by atoms with Crippen molar-refractivity contribution in [2.75, 3.05) is 5.32 Å². The van der Waals surface area contributed by atoms with Crippen LogP contribution in [0.4, 0.5) is 11.4 Å². The SMILES string of the molecule is Cc1cc2onc(CC(=O)Nc3cccc([N+](=O)[O-])c3)c2cc1C. The number of nitrogens with zero attached hydrogens (tertiary/aromatic N) is 2. The summed E-state index contributed by atoms with van der Waals surface area (Å²) < 4.78 is 5.27. The Morgan fingerprint density at radius 1 is 1.25 bits per heavy atom. The fourth-order valence-electron chi connectivity index (χ4n) is 2.43. The van der Waals surface area contributed by atoms with Crippen LogP contribution in [0.15, 0.2) is 40.9 Å². The van der Waals surface area contributed by atoms with Crippen molar-refractivity contribution in [3.05, 3.63) is 63.3 Å². The standard InChI is InChI=1S/C17H15N3O4/c1-10-6-14-15(19-24-16(14)7-11(10)2)9-17(21)18-12-4-3-5-13(8-12)20(22)23/h3-8H,9H2,1-2H3,(H,18,21). The number of anilines is 1. The normalized spacial score (nSPS) is 10.8. The van der Waals surface area contributed by atoms with Crippen molar-refractivity contribution in [3.63, 3.8) is 0 Å². The number of fused-ring (bicyclic) bond motifs is 1. The predicted molar refractivity (Wildman–Crippen MR) is 88.9 cm³/mol. The van der Waals surface area contributed by atoms with Crippen molar-refractivity contribution >= 4 is 28.3 Å². The molecule has 3 rings (SSSR count). The van der Waals surface area contributed by atoms with E-state index in [1.165, 1.54) is 18.2 Å². The van der Waals surface area contributed by atoms with E-state index in [4.69, 9.17) is 4.52 Å². The molecular weight excluding hydrogens is 310 g/mol. The summed E-state index contributed by atoms with van der Waals surface area (Å²) in [5, 5.41) is 18.2. The minimum absolute atomic E-state index is 0.0260. The minimum Gasteiger partial charge on any atom is -0.356 e. The third kappa shape index (κ3) is 3.10. The number of carbonyl (C=O) groups excluding carboxylic acids is 1. The molecule has 7 heteroatoms. The number of aryl methyl sites for hydroxylation is 2. The Bertz CT molecular complexity index is 946. The molecule has 0 spiro atoms. The summed E-state index contributed by atoms with van der Waals surface area (Å²) in [6.45, 7) is 3.96. The average molecular weight is 325 g/mol. The van der Waals surface area contributed by atoms with Gasteiger partial charge < -0.3 is 9.84 Å². The van der Waals surface area contributed by atoms with Crippen molar-refractivity contribution in [3.8, 4) is 0 Å². The fraction of sp³-hybridized carbons (Fsp3) is 0.176. The lowest BCUT2D eigenvalue weighted by Crippen LogP contribution is -2.14. The first-order valence-electron chi connectivity index (χ1n) is 7.34. The number of amides is 1. The molecule has 0 aliphatic carbocycles. The van der Waals surface area contributed by atoms with Gasteiger partial charge in [-0.25, -0.2) is 0 Å². The molecule has 0 aliphatic heterocycles. The molecule has 0 saturated carbocycles. The van der Waals surface area contributed by atoms with Gasteiger partial charge in [-0.3, -0.25) is 14.9 Å². The van der Waals surface area contributed by atoms with E-state index in [9.17, 15) is 14.9 Å². The maximum Gasteiger partial charge on any atom is 0.271 e. The Morgan fingerprint density at radius 2 is 2.00 bits per heavy atom. The van der Waals surface area contributed by atoms with E-state index in [0.29, 0.717) is 17.0 Å². The van der Waals surface area contributed by atoms with Gasteiger partial charge in [0.1, 0.15) is 5.69 Å². The molecule has 0 fully saturated rings. The minimum atomic E-state index is -0.508. The van der Waals surface area contributed by atoms with Crippen molar-refractivity contribution in [1.82, 2.24) is 5.16 Å². The molecule has 24 heavy (non-hydrogen) atoms. The third-order valence-electron chi connectivity index (χ3n) is 3.83. The highest BCUT2D eigenvalue weighted by Gasteiger charge is 2.14. The van der Waals surface area contributed by atoms with Crippen LogP contribution in [0.1, 0.15) is 16.8 Å². The lowest BCUT2D eigenvalue weighted by Gasteiger charge is -2.04. The molecule has 0 atom stereocenters. The van der Waals surface area contributed by atoms with Crippen molar-refractivity contribution < 1.29 is 14.2 Å². The van der Waals surface area contributed by atoms with Gasteiger partial charge in [0.2, 0.25) is 5.91 Å². The Labute approximate surface area is 137 Å². The molecule has 0 bridgehead atoms. The van der Waals surface area contributed by atoms with Crippen LogP contribution in [0, 0.1) is 24.0 Å². The molecule has 0 saturated heterocycles. The molecule has 1 aromatic heterocycles. The van der Waals surface area contributed by atoms with Crippen molar-refractivity contribution in [2.45, 2.75) is 20.3 Å². The first kappa shape index (κ1) is 15.7. The van der Waals surface area contributed by atoms with Gasteiger partial charge in [0.05, 0.1) is 11.3 Å². The smallest absolute Gasteiger partial charge is 0.271 e. The van der Waals surface area contributed by atoms with Gasteiger partial charge in [0.25, 0.3) is 5.69 Å². The maximum absolute atomic E-state index is 12.2. The highest BCUT2D eigenvalue weighted by Crippen LogP contribution is 2.23. The summed E-state index contributed by atoms with van der Waals surface area (Å²) in [5.41, 5.74) is 3.64. The van der Waals surface area contributed by atoms with E-state index in [2.05, 4.69) is 10.5 Å². The molecule has 3 aromatic rings. The first-order valence-corrected chi connectivity index (χ1v) is 7.34. The molecule has 0 unspecified atom stereocenters. The average Bonchev–Trinajstić information content (AvgIpc) is 2.90. The van der Waals surface area contributed by atoms with E-state index >= 15 is 0 Å². The molecular formula is C17H15N3O4. The second-order valence-corrected chi connectivity index (χ2v) is 5.59. The van der Waals surface area contributed by atoms with Gasteiger partial charge in [-0.05, 0) is 43.2 Å². The number of aromatic nitrogens is 1. The summed E-state index contributed by atoms with van der Waals surface area (Å²) in [7, 11) is 0. The molecule has 1 amide bonds. The predicted octanol–water partition coefficient (Wildman–Crippen LogP) is 3.53. The zero-order chi connectivity index (χ0) is 17.3. The Kier molecular flexibility index (Phi) is 3.99. The maximum atomic E-state index is 12.2. The number of hydrogen-bond acceptors (Lipinski definition) is 5. The van der Waals surface area contributed by atoms with Crippen LogP contribution in [-0.4, -0.2) is 16.0 Å². The number of non-ortho nitro benzene ring substituents is 1. The third-order valence-corrected chi connectivity index (χ3v) is 3.83. The molecule has 7 nitrogen and oxygen atoms in total. The van der Waals surface area contributed by atoms with E-state index in [0.717, 1.165) is 16.5 Å². The Morgan fingerprint density at radius 3 is 2.75 bits per heavy atom. The fourth-order valence-corrected chi connectivity index (χ4v) is 2.43. The number of benzene rings is 2. The first-order chi connectivity index (χ1) is 11.4. The second kappa shape index (κ2) is 6.11. The summed E-state index contributed by atoms with van der Waals surface area (Å²) in [4.78, 5) is 22.5. The van der Waals surface area contributed by atoms with Crippen molar-refractivity contribution in [1.29, 1.82) is 0 Å². The van der Waals surface area contributed by atoms with Gasteiger partial charge in [-0.15, -0.1) is 0 Å². The monoisotopic (exact) mass is 325 g/mol. The van der Waals surface area contributed by atoms with Crippen LogP contribution < -0.4 is 5.32 Å². The van der Waals surface area contributed by atoms with Crippen LogP contribution in [0.2, 0.25) is 0 Å². The molecule has 0 aliphatic rings. The Hall–Kier alpha value is -3.22. The van der Waals surface area contributed by atoms with E-state index in [1.807, 2.05) is 26.0 Å². The molecule has 1 heterocycles. The van der Waals surface area contributed by atoms with Gasteiger partial charge in [-0.1, -0.05) is 11.2 Å². The van der Waals surface area contributed by atoms with Crippen LogP contribution in [0.5, 0.6) is 0 Å². The van der Waals surface area contributed by atoms with Crippen LogP contribution in [0.3, 0.4) is 0 Å². The van der Waals surface area contributed by atoms with Gasteiger partial charge in [0.15, 0.2) is 5.58 Å². The molecule has 0 radical (unpaired) electrons. The molecule has 122 valence electrons. The summed E-state index contributed by atoms with van der Waals surface area (Å²) in [6, 6.07) is 9.62. The topological polar surface area (TPSA) is 98.3 Å². The number of rotatable bonds is 4. The van der Waals surface area contributed by atoms with E-state index in [1.54, 1.807) is 6.07 Å². The lowest BCUT2D eigenvalue weighted by molar-refractivity contribution is -0.384. The second-order valence-electron chi connectivity index (χ2n) is 5.59. The van der Waals surface area contributed by atoms with Crippen LogP contribution >= 0.6 is 0 Å². The van der Waals surface area contributed by atoms with Gasteiger partial charge in [-0.2, -0.15) is 0 Å². The highest BCUT2D eigenvalue weighted by atomic mass is 16.6. The lowest BCUT2D eigenvalue weighted by atomic mass is 10.1.